The summed E-state index contributed by atoms with van der Waals surface area (Å²) in [5.74, 6) is -1.82. The third kappa shape index (κ3) is 6.45. The lowest BCUT2D eigenvalue weighted by atomic mass is 10.0. The van der Waals surface area contributed by atoms with E-state index in [2.05, 4.69) is 11.9 Å². The Hall–Kier alpha value is -4.30. The van der Waals surface area contributed by atoms with Gasteiger partial charge < -0.3 is 24.4 Å². The van der Waals surface area contributed by atoms with Crippen LogP contribution in [0.1, 0.15) is 23.2 Å². The van der Waals surface area contributed by atoms with Crippen molar-refractivity contribution in [1.82, 2.24) is 13.8 Å². The first kappa shape index (κ1) is 32.6. The molecule has 5 rings (SSSR count). The summed E-state index contributed by atoms with van der Waals surface area (Å²) in [6.45, 7) is 1.83. The molecule has 44 heavy (non-hydrogen) atoms. The molecular weight excluding hydrogens is 603 g/mol. The number of hydrogen-bond donors (Lipinski definition) is 1. The Bertz CT molecular complexity index is 1800. The second kappa shape index (κ2) is 12.7. The molecule has 1 amide bonds. The normalized spacial score (nSPS) is 14.6. The Morgan fingerprint density at radius 2 is 1.57 bits per heavy atom. The minimum Gasteiger partial charge on any atom is -0.497 e. The highest BCUT2D eigenvalue weighted by molar-refractivity contribution is 7.90. The quantitative estimate of drug-likeness (QED) is 0.320. The van der Waals surface area contributed by atoms with Crippen molar-refractivity contribution in [3.8, 4) is 11.5 Å². The number of carboxylic acids is 1. The summed E-state index contributed by atoms with van der Waals surface area (Å²) < 4.78 is 72.0. The molecule has 0 saturated carbocycles. The van der Waals surface area contributed by atoms with Crippen molar-refractivity contribution in [3.63, 3.8) is 0 Å². The van der Waals surface area contributed by atoms with E-state index in [1.54, 1.807) is 68.6 Å². The van der Waals surface area contributed by atoms with Crippen LogP contribution in [-0.4, -0.2) is 92.8 Å². The number of fused-ring (bicyclic) bond motifs is 2. The van der Waals surface area contributed by atoms with E-state index in [0.29, 0.717) is 38.7 Å². The molecule has 0 atom stereocenters. The Labute approximate surface area is 252 Å². The fourth-order valence-corrected chi connectivity index (χ4v) is 6.74. The predicted molar refractivity (Wildman–Crippen MR) is 158 cm³/mol. The number of carbonyl (C=O) groups excluding carboxylic acids is 1. The zero-order valence-electron chi connectivity index (χ0n) is 24.5. The summed E-state index contributed by atoms with van der Waals surface area (Å²) >= 11 is 0. The van der Waals surface area contributed by atoms with Gasteiger partial charge in [-0.2, -0.15) is 13.2 Å². The summed E-state index contributed by atoms with van der Waals surface area (Å²) in [6.07, 6.45) is -1.89. The standard InChI is InChI=1S/C28H31N3O5S.C2HF3O2/c1-29-15-13-19(14-16-29)30(2)28(32)24-18-31(25-10-9-20(35-3)17-23(24)25)37(33,34)27-12-11-26(36-4)21-7-5-6-8-22(21)27;3-2(4,5)1(6)7/h5-12,17-19H,13-16H2,1-4H3;(H,6,7). The fourth-order valence-electron chi connectivity index (χ4n) is 5.17. The van der Waals surface area contributed by atoms with Gasteiger partial charge in [-0.15, -0.1) is 0 Å². The Kier molecular flexibility index (Phi) is 9.44. The maximum atomic E-state index is 14.1. The molecule has 1 fully saturated rings. The zero-order valence-corrected chi connectivity index (χ0v) is 25.3. The number of nitrogens with zero attached hydrogens (tertiary/aromatic N) is 3. The van der Waals surface area contributed by atoms with E-state index in [1.807, 2.05) is 12.1 Å². The molecule has 1 N–H and O–H groups in total. The van der Waals surface area contributed by atoms with Crippen LogP contribution in [-0.2, 0) is 14.8 Å². The number of methoxy groups -OCH3 is 2. The number of amides is 1. The third-order valence-electron chi connectivity index (χ3n) is 7.61. The second-order valence-electron chi connectivity index (χ2n) is 10.3. The minimum atomic E-state index is -5.08. The number of likely N-dealkylation sites (tertiary alicyclic amines) is 1. The smallest absolute Gasteiger partial charge is 0.490 e. The monoisotopic (exact) mass is 635 g/mol. The van der Waals surface area contributed by atoms with Crippen LogP contribution < -0.4 is 9.47 Å². The molecular formula is C30H32F3N3O7S. The van der Waals surface area contributed by atoms with Gasteiger partial charge in [0.15, 0.2) is 0 Å². The molecule has 1 aromatic heterocycles. The average Bonchev–Trinajstić information content (AvgIpc) is 3.39. The lowest BCUT2D eigenvalue weighted by molar-refractivity contribution is -0.192. The van der Waals surface area contributed by atoms with Gasteiger partial charge in [0, 0.05) is 35.4 Å². The highest BCUT2D eigenvalue weighted by atomic mass is 32.2. The van der Waals surface area contributed by atoms with E-state index in [4.69, 9.17) is 19.4 Å². The minimum absolute atomic E-state index is 0.0925. The Balaban J connectivity index is 0.000000566. The maximum absolute atomic E-state index is 14.1. The van der Waals surface area contributed by atoms with Crippen molar-refractivity contribution in [2.45, 2.75) is 30.0 Å². The van der Waals surface area contributed by atoms with Crippen LogP contribution in [0.4, 0.5) is 13.2 Å². The molecule has 0 radical (unpaired) electrons. The van der Waals surface area contributed by atoms with Gasteiger partial charge >= 0.3 is 12.1 Å². The van der Waals surface area contributed by atoms with Gasteiger partial charge in [0.1, 0.15) is 11.5 Å². The van der Waals surface area contributed by atoms with E-state index < -0.39 is 22.2 Å². The number of rotatable bonds is 6. The van der Waals surface area contributed by atoms with Gasteiger partial charge in [-0.05, 0) is 63.3 Å². The fraction of sp³-hybridized carbons (Fsp3) is 0.333. The van der Waals surface area contributed by atoms with Crippen molar-refractivity contribution in [3.05, 3.63) is 66.4 Å². The van der Waals surface area contributed by atoms with E-state index in [1.165, 1.54) is 10.2 Å². The molecule has 2 heterocycles. The number of piperidine rings is 1. The maximum Gasteiger partial charge on any atom is 0.490 e. The van der Waals surface area contributed by atoms with Crippen molar-refractivity contribution in [2.24, 2.45) is 0 Å². The lowest BCUT2D eigenvalue weighted by Gasteiger charge is -2.35. The summed E-state index contributed by atoms with van der Waals surface area (Å²) in [4.78, 5) is 26.8. The largest absolute Gasteiger partial charge is 0.497 e. The molecule has 0 bridgehead atoms. The number of benzene rings is 3. The van der Waals surface area contributed by atoms with Crippen LogP contribution in [0.15, 0.2) is 65.7 Å². The summed E-state index contributed by atoms with van der Waals surface area (Å²) in [5.41, 5.74) is 0.748. The van der Waals surface area contributed by atoms with E-state index in [0.717, 1.165) is 25.9 Å². The van der Waals surface area contributed by atoms with E-state index in [-0.39, 0.29) is 16.8 Å². The van der Waals surface area contributed by atoms with Gasteiger partial charge in [0.2, 0.25) is 0 Å². The van der Waals surface area contributed by atoms with Crippen molar-refractivity contribution in [2.75, 3.05) is 41.4 Å². The van der Waals surface area contributed by atoms with E-state index in [9.17, 15) is 26.4 Å². The van der Waals surface area contributed by atoms with Gasteiger partial charge in [0.05, 0.1) is 30.2 Å². The summed E-state index contributed by atoms with van der Waals surface area (Å²) in [7, 11) is 2.91. The summed E-state index contributed by atoms with van der Waals surface area (Å²) in [5, 5.41) is 8.90. The molecule has 1 aliphatic heterocycles. The lowest BCUT2D eigenvalue weighted by Crippen LogP contribution is -2.44. The van der Waals surface area contributed by atoms with Gasteiger partial charge in [-0.1, -0.05) is 24.3 Å². The van der Waals surface area contributed by atoms with Crippen LogP contribution in [0.3, 0.4) is 0 Å². The third-order valence-corrected chi connectivity index (χ3v) is 9.34. The number of aromatic nitrogens is 1. The van der Waals surface area contributed by atoms with E-state index >= 15 is 0 Å². The SMILES string of the molecule is COc1ccc2c(c1)c(C(=O)N(C)C1CCN(C)CC1)cn2S(=O)(=O)c1ccc(OC)c2ccccc12.O=C(O)C(F)(F)F. The number of alkyl halides is 3. The van der Waals surface area contributed by atoms with Gasteiger partial charge in [-0.25, -0.2) is 17.2 Å². The van der Waals surface area contributed by atoms with Crippen molar-refractivity contribution in [1.29, 1.82) is 0 Å². The predicted octanol–water partition coefficient (Wildman–Crippen LogP) is 4.85. The molecule has 14 heteroatoms. The second-order valence-corrected chi connectivity index (χ2v) is 12.1. The van der Waals surface area contributed by atoms with Crippen LogP contribution in [0.2, 0.25) is 0 Å². The molecule has 4 aromatic rings. The first-order valence-corrected chi connectivity index (χ1v) is 14.9. The molecule has 3 aromatic carbocycles. The molecule has 0 unspecified atom stereocenters. The average molecular weight is 636 g/mol. The number of carboxylic acid groups (broad SMARTS) is 1. The molecule has 0 aliphatic carbocycles. The van der Waals surface area contributed by atoms with Crippen LogP contribution in [0.5, 0.6) is 11.5 Å². The van der Waals surface area contributed by atoms with Crippen LogP contribution in [0, 0.1) is 0 Å². The molecule has 10 nitrogen and oxygen atoms in total. The first-order chi connectivity index (χ1) is 20.7. The zero-order chi connectivity index (χ0) is 32.4. The number of ether oxygens (including phenoxy) is 2. The molecule has 1 aliphatic rings. The molecule has 0 spiro atoms. The van der Waals surface area contributed by atoms with Gasteiger partial charge in [0.25, 0.3) is 15.9 Å². The number of carbonyl (C=O) groups is 2. The Morgan fingerprint density at radius 1 is 0.955 bits per heavy atom. The van der Waals surface area contributed by atoms with Crippen LogP contribution in [0.25, 0.3) is 21.7 Å². The number of aliphatic carboxylic acids is 1. The first-order valence-electron chi connectivity index (χ1n) is 13.5. The molecule has 1 saturated heterocycles. The van der Waals surface area contributed by atoms with Crippen molar-refractivity contribution < 1.29 is 45.8 Å². The summed E-state index contributed by atoms with van der Waals surface area (Å²) in [6, 6.07) is 15.6. The number of hydrogen-bond acceptors (Lipinski definition) is 7. The highest BCUT2D eigenvalue weighted by Gasteiger charge is 2.38. The topological polar surface area (TPSA) is 118 Å². The highest BCUT2D eigenvalue weighted by Crippen LogP contribution is 2.35. The van der Waals surface area contributed by atoms with Gasteiger partial charge in [-0.3, -0.25) is 4.79 Å². The molecule has 236 valence electrons. The van der Waals surface area contributed by atoms with Crippen molar-refractivity contribution >= 4 is 43.6 Å². The Morgan fingerprint density at radius 3 is 2.14 bits per heavy atom. The van der Waals surface area contributed by atoms with Crippen LogP contribution >= 0.6 is 0 Å². The number of halogens is 3.